The number of amides is 1. The maximum atomic E-state index is 12.7. The molecule has 1 aromatic carbocycles. The van der Waals surface area contributed by atoms with Crippen molar-refractivity contribution in [2.45, 2.75) is 72.1 Å². The second-order valence-electron chi connectivity index (χ2n) is 6.11. The number of hydrogen-bond donors (Lipinski definition) is 1. The summed E-state index contributed by atoms with van der Waals surface area (Å²) in [6.07, 6.45) is 2.87. The van der Waals surface area contributed by atoms with Gasteiger partial charge in [0.1, 0.15) is 6.17 Å². The van der Waals surface area contributed by atoms with Gasteiger partial charge in [-0.25, -0.2) is 0 Å². The molecule has 3 heteroatoms. The van der Waals surface area contributed by atoms with Gasteiger partial charge < -0.3 is 4.90 Å². The third kappa shape index (κ3) is 2.98. The Bertz CT molecular complexity index is 508. The summed E-state index contributed by atoms with van der Waals surface area (Å²) in [7, 11) is 0. The minimum atomic E-state index is -0.0451. The van der Waals surface area contributed by atoms with Gasteiger partial charge in [-0.15, -0.1) is 0 Å². The first-order valence-electron chi connectivity index (χ1n) is 8.18. The topological polar surface area (TPSA) is 32.3 Å². The van der Waals surface area contributed by atoms with Crippen LogP contribution in [0.4, 0.5) is 0 Å². The Morgan fingerprint density at radius 1 is 1.19 bits per heavy atom. The molecule has 0 spiro atoms. The molecule has 1 aliphatic heterocycles. The Kier molecular flexibility index (Phi) is 5.04. The summed E-state index contributed by atoms with van der Waals surface area (Å²) in [5.74, 6) is 0.260. The molecule has 2 atom stereocenters. The van der Waals surface area contributed by atoms with E-state index in [0.717, 1.165) is 19.3 Å². The fourth-order valence-electron chi connectivity index (χ4n) is 3.39. The van der Waals surface area contributed by atoms with Crippen LogP contribution in [0.5, 0.6) is 0 Å². The van der Waals surface area contributed by atoms with Gasteiger partial charge in [0.05, 0.1) is 6.04 Å². The molecular weight excluding hydrogens is 260 g/mol. The summed E-state index contributed by atoms with van der Waals surface area (Å²) >= 11 is 0. The van der Waals surface area contributed by atoms with Crippen molar-refractivity contribution in [1.82, 2.24) is 10.2 Å². The van der Waals surface area contributed by atoms with E-state index >= 15 is 0 Å². The second kappa shape index (κ2) is 6.61. The summed E-state index contributed by atoms with van der Waals surface area (Å²) < 4.78 is 0. The fraction of sp³-hybridized carbons (Fsp3) is 0.611. The molecule has 1 aliphatic rings. The van der Waals surface area contributed by atoms with E-state index in [2.05, 4.69) is 63.0 Å². The number of benzene rings is 1. The standard InChI is InChI=1S/C18H28N2O/c1-6-14(7-2)20-17(19-16(8-3)18(20)21)15-10-9-12(4)11-13(15)5/h9-11,14,16-17,19H,6-8H2,1-5H3. The van der Waals surface area contributed by atoms with Crippen LogP contribution in [-0.2, 0) is 4.79 Å². The van der Waals surface area contributed by atoms with Crippen LogP contribution in [0.25, 0.3) is 0 Å². The second-order valence-corrected chi connectivity index (χ2v) is 6.11. The molecule has 0 saturated carbocycles. The summed E-state index contributed by atoms with van der Waals surface area (Å²) in [5, 5.41) is 3.54. The summed E-state index contributed by atoms with van der Waals surface area (Å²) in [6.45, 7) is 10.7. The van der Waals surface area contributed by atoms with E-state index in [1.165, 1.54) is 16.7 Å². The van der Waals surface area contributed by atoms with Crippen molar-refractivity contribution in [2.24, 2.45) is 0 Å². The van der Waals surface area contributed by atoms with Crippen molar-refractivity contribution in [3.8, 4) is 0 Å². The van der Waals surface area contributed by atoms with Gasteiger partial charge in [0.2, 0.25) is 5.91 Å². The summed E-state index contributed by atoms with van der Waals surface area (Å²) in [4.78, 5) is 14.8. The predicted molar refractivity (Wildman–Crippen MR) is 87.1 cm³/mol. The zero-order valence-electron chi connectivity index (χ0n) is 13.9. The Balaban J connectivity index is 2.41. The highest BCUT2D eigenvalue weighted by Crippen LogP contribution is 2.32. The van der Waals surface area contributed by atoms with Gasteiger partial charge in [-0.2, -0.15) is 0 Å². The number of nitrogens with zero attached hydrogens (tertiary/aromatic N) is 1. The molecular formula is C18H28N2O. The van der Waals surface area contributed by atoms with Crippen LogP contribution in [0.15, 0.2) is 18.2 Å². The Hall–Kier alpha value is -1.35. The van der Waals surface area contributed by atoms with Crippen molar-refractivity contribution in [3.05, 3.63) is 34.9 Å². The smallest absolute Gasteiger partial charge is 0.241 e. The molecule has 0 aromatic heterocycles. The number of nitrogens with one attached hydrogen (secondary N) is 1. The van der Waals surface area contributed by atoms with Gasteiger partial charge in [0.25, 0.3) is 0 Å². The van der Waals surface area contributed by atoms with E-state index in [4.69, 9.17) is 0 Å². The number of aryl methyl sites for hydroxylation is 2. The first kappa shape index (κ1) is 16.0. The maximum Gasteiger partial charge on any atom is 0.241 e. The van der Waals surface area contributed by atoms with E-state index in [0.29, 0.717) is 6.04 Å². The van der Waals surface area contributed by atoms with Crippen LogP contribution < -0.4 is 5.32 Å². The molecule has 2 unspecified atom stereocenters. The van der Waals surface area contributed by atoms with Crippen molar-refractivity contribution >= 4 is 5.91 Å². The molecule has 21 heavy (non-hydrogen) atoms. The molecule has 1 N–H and O–H groups in total. The minimum Gasteiger partial charge on any atom is -0.319 e. The van der Waals surface area contributed by atoms with Crippen LogP contribution in [0.3, 0.4) is 0 Å². The monoisotopic (exact) mass is 288 g/mol. The average Bonchev–Trinajstić information content (AvgIpc) is 2.78. The summed E-state index contributed by atoms with van der Waals surface area (Å²) in [5.41, 5.74) is 3.76. The fourth-order valence-corrected chi connectivity index (χ4v) is 3.39. The van der Waals surface area contributed by atoms with Gasteiger partial charge in [-0.1, -0.05) is 44.5 Å². The Morgan fingerprint density at radius 3 is 2.38 bits per heavy atom. The van der Waals surface area contributed by atoms with E-state index < -0.39 is 0 Å². The van der Waals surface area contributed by atoms with Gasteiger partial charge in [-0.3, -0.25) is 10.1 Å². The maximum absolute atomic E-state index is 12.7. The predicted octanol–water partition coefficient (Wildman–Crippen LogP) is 3.70. The number of carbonyl (C=O) groups is 1. The van der Waals surface area contributed by atoms with Crippen molar-refractivity contribution in [2.75, 3.05) is 0 Å². The lowest BCUT2D eigenvalue weighted by Crippen LogP contribution is -2.39. The molecule has 3 nitrogen and oxygen atoms in total. The molecule has 1 aromatic rings. The molecule has 116 valence electrons. The first-order valence-corrected chi connectivity index (χ1v) is 8.18. The van der Waals surface area contributed by atoms with Crippen LogP contribution in [0.2, 0.25) is 0 Å². The lowest BCUT2D eigenvalue weighted by atomic mass is 10.0. The lowest BCUT2D eigenvalue weighted by Gasteiger charge is -2.32. The summed E-state index contributed by atoms with van der Waals surface area (Å²) in [6, 6.07) is 6.77. The zero-order valence-corrected chi connectivity index (χ0v) is 13.9. The minimum absolute atomic E-state index is 0.0212. The van der Waals surface area contributed by atoms with Crippen LogP contribution in [-0.4, -0.2) is 22.9 Å². The Labute approximate surface area is 128 Å². The zero-order chi connectivity index (χ0) is 15.6. The third-order valence-electron chi connectivity index (χ3n) is 4.65. The quantitative estimate of drug-likeness (QED) is 0.896. The highest BCUT2D eigenvalue weighted by Gasteiger charge is 2.41. The molecule has 0 aliphatic carbocycles. The van der Waals surface area contributed by atoms with Crippen molar-refractivity contribution in [1.29, 1.82) is 0 Å². The number of hydrogen-bond acceptors (Lipinski definition) is 2. The Morgan fingerprint density at radius 2 is 1.86 bits per heavy atom. The van der Waals surface area contributed by atoms with E-state index in [-0.39, 0.29) is 18.1 Å². The van der Waals surface area contributed by atoms with Gasteiger partial charge in [-0.05, 0) is 44.2 Å². The molecule has 1 fully saturated rings. The van der Waals surface area contributed by atoms with Gasteiger partial charge in [0, 0.05) is 6.04 Å². The third-order valence-corrected chi connectivity index (χ3v) is 4.65. The molecule has 1 saturated heterocycles. The largest absolute Gasteiger partial charge is 0.319 e. The van der Waals surface area contributed by atoms with Crippen LogP contribution in [0.1, 0.15) is 62.9 Å². The molecule has 1 heterocycles. The van der Waals surface area contributed by atoms with Crippen LogP contribution in [0, 0.1) is 13.8 Å². The van der Waals surface area contributed by atoms with Crippen LogP contribution >= 0.6 is 0 Å². The normalized spacial score (nSPS) is 22.4. The highest BCUT2D eigenvalue weighted by atomic mass is 16.2. The molecule has 0 bridgehead atoms. The van der Waals surface area contributed by atoms with Gasteiger partial charge in [0.15, 0.2) is 0 Å². The number of rotatable bonds is 5. The van der Waals surface area contributed by atoms with E-state index in [9.17, 15) is 4.79 Å². The number of carbonyl (C=O) groups excluding carboxylic acids is 1. The van der Waals surface area contributed by atoms with Crippen molar-refractivity contribution in [3.63, 3.8) is 0 Å². The van der Waals surface area contributed by atoms with Gasteiger partial charge >= 0.3 is 0 Å². The average molecular weight is 288 g/mol. The highest BCUT2D eigenvalue weighted by molar-refractivity contribution is 5.85. The van der Waals surface area contributed by atoms with Crippen molar-refractivity contribution < 1.29 is 4.79 Å². The molecule has 1 amide bonds. The molecule has 0 radical (unpaired) electrons. The van der Waals surface area contributed by atoms with E-state index in [1.807, 2.05) is 0 Å². The molecule has 2 rings (SSSR count). The van der Waals surface area contributed by atoms with E-state index in [1.54, 1.807) is 0 Å². The lowest BCUT2D eigenvalue weighted by molar-refractivity contribution is -0.132. The first-order chi connectivity index (χ1) is 10.0. The SMILES string of the molecule is CCC1NC(c2ccc(C)cc2C)N(C(CC)CC)C1=O.